The lowest BCUT2D eigenvalue weighted by Gasteiger charge is -2.35. The van der Waals surface area contributed by atoms with E-state index in [1.54, 1.807) is 0 Å². The summed E-state index contributed by atoms with van der Waals surface area (Å²) >= 11 is 0. The third kappa shape index (κ3) is 1.19. The Kier molecular flexibility index (Phi) is 2.48. The largest absolute Gasteiger partial charge is 0.481 e. The van der Waals surface area contributed by atoms with Gasteiger partial charge in [0.15, 0.2) is 0 Å². The van der Waals surface area contributed by atoms with Gasteiger partial charge in [-0.2, -0.15) is 0 Å². The van der Waals surface area contributed by atoms with Crippen molar-refractivity contribution < 1.29 is 34.1 Å². The van der Waals surface area contributed by atoms with Gasteiger partial charge in [-0.15, -0.1) is 0 Å². The molecule has 0 amide bonds. The number of aliphatic carboxylic acids is 2. The Labute approximate surface area is 83.6 Å². The maximum atomic E-state index is 11.0. The van der Waals surface area contributed by atoms with Crippen LogP contribution in [0.1, 0.15) is 13.3 Å². The van der Waals surface area contributed by atoms with Gasteiger partial charge in [0, 0.05) is 0 Å². The average molecular weight is 216 g/mol. The molecule has 0 radical (unpaired) electrons. The van der Waals surface area contributed by atoms with Crippen molar-refractivity contribution in [3.8, 4) is 0 Å². The highest BCUT2D eigenvalue weighted by Gasteiger charge is 2.71. The normalized spacial score (nSPS) is 20.1. The van der Waals surface area contributed by atoms with Gasteiger partial charge in [-0.1, -0.05) is 6.92 Å². The van der Waals surface area contributed by atoms with Crippen LogP contribution in [-0.2, 0) is 23.9 Å². The molecule has 0 spiro atoms. The molecule has 0 aliphatic carbocycles. The highest BCUT2D eigenvalue weighted by atomic mass is 16.6. The zero-order valence-corrected chi connectivity index (χ0v) is 7.72. The SMILES string of the molecule is CCC(C(=O)O)C1(C(=O)O)C(=O)OC1=O. The second kappa shape index (κ2) is 3.34. The van der Waals surface area contributed by atoms with Gasteiger partial charge in [-0.25, -0.2) is 9.59 Å². The molecule has 2 N–H and O–H groups in total. The van der Waals surface area contributed by atoms with E-state index in [1.807, 2.05) is 0 Å². The van der Waals surface area contributed by atoms with Crippen molar-refractivity contribution in [1.29, 1.82) is 0 Å². The van der Waals surface area contributed by atoms with Gasteiger partial charge >= 0.3 is 23.9 Å². The van der Waals surface area contributed by atoms with Crippen LogP contribution in [0.25, 0.3) is 0 Å². The van der Waals surface area contributed by atoms with E-state index < -0.39 is 35.2 Å². The lowest BCUT2D eigenvalue weighted by molar-refractivity contribution is -0.210. The summed E-state index contributed by atoms with van der Waals surface area (Å²) in [6, 6.07) is 0. The monoisotopic (exact) mass is 216 g/mol. The molecule has 0 aromatic carbocycles. The molecule has 1 heterocycles. The molecule has 1 aliphatic heterocycles. The van der Waals surface area contributed by atoms with Crippen molar-refractivity contribution in [2.75, 3.05) is 0 Å². The number of carbonyl (C=O) groups is 4. The summed E-state index contributed by atoms with van der Waals surface area (Å²) < 4.78 is 3.93. The number of hydrogen-bond acceptors (Lipinski definition) is 5. The van der Waals surface area contributed by atoms with Gasteiger partial charge in [0.05, 0.1) is 5.92 Å². The van der Waals surface area contributed by atoms with Gasteiger partial charge in [0.25, 0.3) is 5.41 Å². The minimum Gasteiger partial charge on any atom is -0.481 e. The molecule has 0 saturated carbocycles. The van der Waals surface area contributed by atoms with Crippen molar-refractivity contribution in [2.24, 2.45) is 11.3 Å². The Balaban J connectivity index is 3.23. The summed E-state index contributed by atoms with van der Waals surface area (Å²) in [4.78, 5) is 43.6. The van der Waals surface area contributed by atoms with Crippen molar-refractivity contribution in [2.45, 2.75) is 13.3 Å². The van der Waals surface area contributed by atoms with Crippen LogP contribution in [0.2, 0.25) is 0 Å². The molecule has 0 bridgehead atoms. The molecular weight excluding hydrogens is 208 g/mol. The van der Waals surface area contributed by atoms with E-state index in [-0.39, 0.29) is 6.42 Å². The van der Waals surface area contributed by atoms with E-state index in [4.69, 9.17) is 10.2 Å². The number of ether oxygens (including phenoxy) is 1. The van der Waals surface area contributed by atoms with Gasteiger partial charge in [0.2, 0.25) is 0 Å². The highest BCUT2D eigenvalue weighted by molar-refractivity contribution is 6.29. The quantitative estimate of drug-likeness (QED) is 0.468. The Bertz CT molecular complexity index is 328. The Morgan fingerprint density at radius 1 is 1.33 bits per heavy atom. The lowest BCUT2D eigenvalue weighted by atomic mass is 9.71. The zero-order valence-electron chi connectivity index (χ0n) is 7.72. The maximum Gasteiger partial charge on any atom is 0.343 e. The third-order valence-corrected chi connectivity index (χ3v) is 2.40. The molecule has 7 heteroatoms. The number of carboxylic acids is 2. The summed E-state index contributed by atoms with van der Waals surface area (Å²) in [7, 11) is 0. The van der Waals surface area contributed by atoms with Crippen LogP contribution in [0.5, 0.6) is 0 Å². The van der Waals surface area contributed by atoms with Gasteiger partial charge in [-0.05, 0) is 6.42 Å². The van der Waals surface area contributed by atoms with E-state index in [1.165, 1.54) is 6.92 Å². The first kappa shape index (κ1) is 11.2. The molecule has 82 valence electrons. The third-order valence-electron chi connectivity index (χ3n) is 2.40. The molecule has 1 rings (SSSR count). The fourth-order valence-electron chi connectivity index (χ4n) is 1.56. The van der Waals surface area contributed by atoms with Crippen LogP contribution in [0.3, 0.4) is 0 Å². The van der Waals surface area contributed by atoms with Gasteiger partial charge in [-0.3, -0.25) is 9.59 Å². The highest BCUT2D eigenvalue weighted by Crippen LogP contribution is 2.41. The molecule has 1 unspecified atom stereocenters. The molecule has 1 aliphatic rings. The Morgan fingerprint density at radius 3 is 1.93 bits per heavy atom. The van der Waals surface area contributed by atoms with Crippen LogP contribution >= 0.6 is 0 Å². The van der Waals surface area contributed by atoms with Crippen LogP contribution in [0.15, 0.2) is 0 Å². The predicted molar refractivity (Wildman–Crippen MR) is 42.6 cm³/mol. The first-order valence-electron chi connectivity index (χ1n) is 4.11. The molecule has 1 saturated heterocycles. The molecule has 15 heavy (non-hydrogen) atoms. The van der Waals surface area contributed by atoms with E-state index in [0.29, 0.717) is 0 Å². The number of carboxylic acid groups (broad SMARTS) is 2. The topological polar surface area (TPSA) is 118 Å². The fraction of sp³-hybridized carbons (Fsp3) is 0.500. The number of cyclic esters (lactones) is 2. The minimum atomic E-state index is -2.55. The number of hydrogen-bond donors (Lipinski definition) is 2. The van der Waals surface area contributed by atoms with Crippen molar-refractivity contribution >= 4 is 23.9 Å². The van der Waals surface area contributed by atoms with Crippen molar-refractivity contribution in [1.82, 2.24) is 0 Å². The Hall–Kier alpha value is -1.92. The molecular formula is C8H8O7. The smallest absolute Gasteiger partial charge is 0.343 e. The summed E-state index contributed by atoms with van der Waals surface area (Å²) in [6.07, 6.45) is -0.150. The van der Waals surface area contributed by atoms with Crippen LogP contribution in [0.4, 0.5) is 0 Å². The molecule has 0 aromatic rings. The minimum absolute atomic E-state index is 0.150. The molecule has 7 nitrogen and oxygen atoms in total. The van der Waals surface area contributed by atoms with Crippen LogP contribution in [-0.4, -0.2) is 34.1 Å². The number of rotatable bonds is 4. The van der Waals surface area contributed by atoms with Gasteiger partial charge < -0.3 is 14.9 Å². The molecule has 0 aromatic heterocycles. The average Bonchev–Trinajstić information content (AvgIpc) is 2.12. The zero-order chi connectivity index (χ0) is 11.8. The van der Waals surface area contributed by atoms with Crippen molar-refractivity contribution in [3.05, 3.63) is 0 Å². The fourth-order valence-corrected chi connectivity index (χ4v) is 1.56. The van der Waals surface area contributed by atoms with E-state index in [2.05, 4.69) is 4.74 Å². The maximum absolute atomic E-state index is 11.0. The Morgan fingerprint density at radius 2 is 1.80 bits per heavy atom. The summed E-state index contributed by atoms with van der Waals surface area (Å²) in [5.74, 6) is -7.50. The number of esters is 2. The van der Waals surface area contributed by atoms with E-state index in [0.717, 1.165) is 0 Å². The van der Waals surface area contributed by atoms with Crippen molar-refractivity contribution in [3.63, 3.8) is 0 Å². The molecule has 1 fully saturated rings. The van der Waals surface area contributed by atoms with Crippen LogP contribution < -0.4 is 0 Å². The number of carbonyl (C=O) groups excluding carboxylic acids is 2. The van der Waals surface area contributed by atoms with E-state index >= 15 is 0 Å². The lowest BCUT2D eigenvalue weighted by Crippen LogP contribution is -2.63. The van der Waals surface area contributed by atoms with Gasteiger partial charge in [0.1, 0.15) is 0 Å². The summed E-state index contributed by atoms with van der Waals surface area (Å²) in [6.45, 7) is 1.38. The summed E-state index contributed by atoms with van der Waals surface area (Å²) in [5, 5.41) is 17.5. The molecule has 1 atom stereocenters. The first-order chi connectivity index (χ1) is 6.88. The first-order valence-corrected chi connectivity index (χ1v) is 4.11. The van der Waals surface area contributed by atoms with E-state index in [9.17, 15) is 19.2 Å². The van der Waals surface area contributed by atoms with Crippen LogP contribution in [0, 0.1) is 11.3 Å². The second-order valence-corrected chi connectivity index (χ2v) is 3.09. The standard InChI is InChI=1S/C8H8O7/c1-2-3(4(9)10)8(5(11)12)6(13)15-7(8)14/h3H,2H2,1H3,(H,9,10)(H,11,12). The summed E-state index contributed by atoms with van der Waals surface area (Å²) in [5.41, 5.74) is -2.55. The second-order valence-electron chi connectivity index (χ2n) is 3.09. The predicted octanol–water partition coefficient (Wildman–Crippen LogP) is -0.748.